The highest BCUT2D eigenvalue weighted by Crippen LogP contribution is 2.33. The molecular formula is C16H17N3O3S. The first kappa shape index (κ1) is 15.5. The molecule has 0 bridgehead atoms. The molecule has 0 unspecified atom stereocenters. The number of aliphatic carboxylic acids is 1. The van der Waals surface area contributed by atoms with Gasteiger partial charge in [0, 0.05) is 17.6 Å². The topological polar surface area (TPSA) is 96.5 Å². The monoisotopic (exact) mass is 331 g/mol. The molecule has 3 N–H and O–H groups in total. The molecular weight excluding hydrogens is 314 g/mol. The molecule has 7 heteroatoms. The summed E-state index contributed by atoms with van der Waals surface area (Å²) in [6, 6.07) is 8.66. The molecule has 1 amide bonds. The molecule has 2 aromatic rings. The lowest BCUT2D eigenvalue weighted by atomic mass is 9.83. The molecule has 6 nitrogen and oxygen atoms in total. The number of nitrogen functional groups attached to an aromatic ring is 1. The summed E-state index contributed by atoms with van der Waals surface area (Å²) >= 11 is 1.37. The van der Waals surface area contributed by atoms with Crippen molar-refractivity contribution >= 4 is 28.3 Å². The number of amides is 1. The summed E-state index contributed by atoms with van der Waals surface area (Å²) in [5.41, 5.74) is 6.51. The number of benzene rings is 1. The van der Waals surface area contributed by atoms with Crippen molar-refractivity contribution in [3.63, 3.8) is 0 Å². The molecule has 1 aromatic carbocycles. The van der Waals surface area contributed by atoms with E-state index in [1.54, 1.807) is 6.20 Å². The van der Waals surface area contributed by atoms with Crippen LogP contribution in [-0.4, -0.2) is 32.9 Å². The van der Waals surface area contributed by atoms with Crippen molar-refractivity contribution in [2.45, 2.75) is 25.4 Å². The Kier molecular flexibility index (Phi) is 4.29. The van der Waals surface area contributed by atoms with E-state index in [2.05, 4.69) is 4.98 Å². The molecule has 0 aliphatic carbocycles. The summed E-state index contributed by atoms with van der Waals surface area (Å²) in [5, 5.41) is 9.93. The van der Waals surface area contributed by atoms with E-state index in [1.165, 1.54) is 16.2 Å². The Labute approximate surface area is 137 Å². The summed E-state index contributed by atoms with van der Waals surface area (Å²) in [6.45, 7) is 0.334. The van der Waals surface area contributed by atoms with E-state index < -0.39 is 17.9 Å². The first-order valence-electron chi connectivity index (χ1n) is 7.33. The number of rotatable bonds is 6. The van der Waals surface area contributed by atoms with E-state index >= 15 is 0 Å². The van der Waals surface area contributed by atoms with Crippen LogP contribution in [0, 0.1) is 5.92 Å². The lowest BCUT2D eigenvalue weighted by Gasteiger charge is -2.44. The minimum absolute atomic E-state index is 0.0984. The van der Waals surface area contributed by atoms with Gasteiger partial charge < -0.3 is 15.7 Å². The van der Waals surface area contributed by atoms with Gasteiger partial charge in [-0.25, -0.2) is 9.78 Å². The second-order valence-corrected chi connectivity index (χ2v) is 6.69. The van der Waals surface area contributed by atoms with Crippen molar-refractivity contribution in [2.24, 2.45) is 5.92 Å². The fourth-order valence-electron chi connectivity index (χ4n) is 2.90. The summed E-state index contributed by atoms with van der Waals surface area (Å²) in [7, 11) is 0. The molecule has 0 radical (unpaired) electrons. The molecule has 0 saturated carbocycles. The standard InChI is InChI=1S/C16H17N3O3S/c17-16-18-8-11(23-16)6-7-12-13(15(21)22)19(14(12)20)9-10-4-2-1-3-5-10/h1-5,8,12-13H,6-7,9H2,(H2,17,18)(H,21,22)/t12-,13+/m1/s1. The average Bonchev–Trinajstić information content (AvgIpc) is 2.95. The Morgan fingerprint density at radius 3 is 2.70 bits per heavy atom. The van der Waals surface area contributed by atoms with Gasteiger partial charge in [-0.1, -0.05) is 30.3 Å². The quantitative estimate of drug-likeness (QED) is 0.786. The van der Waals surface area contributed by atoms with Crippen LogP contribution in [-0.2, 0) is 22.6 Å². The largest absolute Gasteiger partial charge is 0.480 e. The molecule has 120 valence electrons. The summed E-state index contributed by atoms with van der Waals surface area (Å²) in [4.78, 5) is 30.2. The van der Waals surface area contributed by atoms with Crippen LogP contribution in [0.5, 0.6) is 0 Å². The number of nitrogens with zero attached hydrogens (tertiary/aromatic N) is 2. The number of β-lactam (4-membered cyclic amide) rings is 1. The van der Waals surface area contributed by atoms with Crippen LogP contribution in [0.4, 0.5) is 5.13 Å². The number of hydrogen-bond donors (Lipinski definition) is 2. The number of hydrogen-bond acceptors (Lipinski definition) is 5. The maximum absolute atomic E-state index is 12.3. The Hall–Kier alpha value is -2.41. The first-order valence-corrected chi connectivity index (χ1v) is 8.15. The Bertz CT molecular complexity index is 716. The van der Waals surface area contributed by atoms with Crippen LogP contribution in [0.3, 0.4) is 0 Å². The van der Waals surface area contributed by atoms with Crippen molar-refractivity contribution in [2.75, 3.05) is 5.73 Å². The van der Waals surface area contributed by atoms with Crippen LogP contribution >= 0.6 is 11.3 Å². The Morgan fingerprint density at radius 2 is 2.09 bits per heavy atom. The predicted octanol–water partition coefficient (Wildman–Crippen LogP) is 1.77. The fourth-order valence-corrected chi connectivity index (χ4v) is 3.60. The number of likely N-dealkylation sites (tertiary alicyclic amines) is 1. The fraction of sp³-hybridized carbons (Fsp3) is 0.312. The third kappa shape index (κ3) is 3.19. The van der Waals surface area contributed by atoms with Gasteiger partial charge in [0.25, 0.3) is 0 Å². The van der Waals surface area contributed by atoms with E-state index in [-0.39, 0.29) is 5.91 Å². The number of nitrogens with two attached hydrogens (primary N) is 1. The highest BCUT2D eigenvalue weighted by molar-refractivity contribution is 7.15. The van der Waals surface area contributed by atoms with Crippen molar-refractivity contribution in [3.05, 3.63) is 47.0 Å². The van der Waals surface area contributed by atoms with E-state index in [0.717, 1.165) is 10.4 Å². The smallest absolute Gasteiger partial charge is 0.327 e. The number of carbonyl (C=O) groups is 2. The number of aromatic nitrogens is 1. The molecule has 1 aromatic heterocycles. The maximum atomic E-state index is 12.3. The first-order chi connectivity index (χ1) is 11.1. The maximum Gasteiger partial charge on any atom is 0.327 e. The highest BCUT2D eigenvalue weighted by atomic mass is 32.1. The molecule has 3 rings (SSSR count). The number of anilines is 1. The van der Waals surface area contributed by atoms with Crippen molar-refractivity contribution in [3.8, 4) is 0 Å². The van der Waals surface area contributed by atoms with Gasteiger partial charge >= 0.3 is 5.97 Å². The number of carboxylic acid groups (broad SMARTS) is 1. The minimum Gasteiger partial charge on any atom is -0.480 e. The molecule has 2 heterocycles. The van der Waals surface area contributed by atoms with E-state index in [4.69, 9.17) is 5.73 Å². The molecule has 2 atom stereocenters. The molecule has 1 aliphatic rings. The number of aryl methyl sites for hydroxylation is 1. The third-order valence-electron chi connectivity index (χ3n) is 4.04. The Morgan fingerprint density at radius 1 is 1.35 bits per heavy atom. The van der Waals surface area contributed by atoms with Gasteiger partial charge in [0.05, 0.1) is 5.92 Å². The van der Waals surface area contributed by atoms with E-state index in [1.807, 2.05) is 30.3 Å². The molecule has 0 spiro atoms. The van der Waals surface area contributed by atoms with Crippen LogP contribution < -0.4 is 5.73 Å². The van der Waals surface area contributed by atoms with Crippen LogP contribution in [0.25, 0.3) is 0 Å². The summed E-state index contributed by atoms with van der Waals surface area (Å²) in [6.07, 6.45) is 2.80. The predicted molar refractivity (Wildman–Crippen MR) is 86.8 cm³/mol. The Balaban J connectivity index is 1.65. The molecule has 23 heavy (non-hydrogen) atoms. The number of carbonyl (C=O) groups excluding carboxylic acids is 1. The number of carboxylic acids is 1. The van der Waals surface area contributed by atoms with Gasteiger partial charge in [-0.05, 0) is 18.4 Å². The van der Waals surface area contributed by atoms with E-state index in [9.17, 15) is 14.7 Å². The molecule has 1 fully saturated rings. The van der Waals surface area contributed by atoms with Gasteiger partial charge in [-0.2, -0.15) is 0 Å². The lowest BCUT2D eigenvalue weighted by molar-refractivity contribution is -0.172. The van der Waals surface area contributed by atoms with Crippen molar-refractivity contribution in [1.82, 2.24) is 9.88 Å². The summed E-state index contributed by atoms with van der Waals surface area (Å²) in [5.74, 6) is -1.52. The second-order valence-electron chi connectivity index (χ2n) is 5.54. The molecule has 1 saturated heterocycles. The van der Waals surface area contributed by atoms with Gasteiger partial charge in [-0.3, -0.25) is 4.79 Å². The van der Waals surface area contributed by atoms with Crippen LogP contribution in [0.2, 0.25) is 0 Å². The normalized spacial score (nSPS) is 20.3. The van der Waals surface area contributed by atoms with E-state index in [0.29, 0.717) is 24.5 Å². The van der Waals surface area contributed by atoms with Gasteiger partial charge in [0.15, 0.2) is 5.13 Å². The van der Waals surface area contributed by atoms with Gasteiger partial charge in [0.1, 0.15) is 6.04 Å². The SMILES string of the molecule is Nc1ncc(CC[C@H]2C(=O)N(Cc3ccccc3)[C@@H]2C(=O)O)s1. The second kappa shape index (κ2) is 6.37. The van der Waals surface area contributed by atoms with Crippen LogP contribution in [0.1, 0.15) is 16.9 Å². The van der Waals surface area contributed by atoms with Crippen LogP contribution in [0.15, 0.2) is 36.5 Å². The average molecular weight is 331 g/mol. The van der Waals surface area contributed by atoms with Gasteiger partial charge in [-0.15, -0.1) is 11.3 Å². The third-order valence-corrected chi connectivity index (χ3v) is 4.93. The zero-order valence-corrected chi connectivity index (χ0v) is 13.2. The summed E-state index contributed by atoms with van der Waals surface area (Å²) < 4.78 is 0. The van der Waals surface area contributed by atoms with Gasteiger partial charge in [0.2, 0.25) is 5.91 Å². The highest BCUT2D eigenvalue weighted by Gasteiger charge is 2.50. The van der Waals surface area contributed by atoms with Crippen molar-refractivity contribution < 1.29 is 14.7 Å². The van der Waals surface area contributed by atoms with Crippen molar-refractivity contribution in [1.29, 1.82) is 0 Å². The number of thiazole rings is 1. The zero-order chi connectivity index (χ0) is 16.4. The zero-order valence-electron chi connectivity index (χ0n) is 12.4. The lowest BCUT2D eigenvalue weighted by Crippen LogP contribution is -2.63. The molecule has 1 aliphatic heterocycles. The minimum atomic E-state index is -0.950.